The number of carbonyl (C=O) groups is 1. The lowest BCUT2D eigenvalue weighted by Gasteiger charge is -2.09. The Morgan fingerprint density at radius 3 is 2.80 bits per heavy atom. The van der Waals surface area contributed by atoms with Gasteiger partial charge in [-0.1, -0.05) is 0 Å². The molecule has 0 aliphatic heterocycles. The van der Waals surface area contributed by atoms with Crippen LogP contribution >= 0.6 is 0 Å². The van der Waals surface area contributed by atoms with Crippen LogP contribution in [0.5, 0.6) is 0 Å². The molecule has 104 valence electrons. The number of nitrogens with two attached hydrogens (primary N) is 1. The number of aryl methyl sites for hydroxylation is 1. The Morgan fingerprint density at radius 2 is 2.10 bits per heavy atom. The van der Waals surface area contributed by atoms with E-state index in [4.69, 9.17) is 5.73 Å². The van der Waals surface area contributed by atoms with Crippen LogP contribution in [0.15, 0.2) is 41.3 Å². The van der Waals surface area contributed by atoms with Gasteiger partial charge in [0.1, 0.15) is 12.4 Å². The van der Waals surface area contributed by atoms with E-state index in [1.807, 2.05) is 0 Å². The third kappa shape index (κ3) is 3.23. The van der Waals surface area contributed by atoms with Crippen LogP contribution in [0.4, 0.5) is 15.8 Å². The molecule has 0 radical (unpaired) electrons. The Morgan fingerprint density at radius 1 is 1.35 bits per heavy atom. The second-order valence-corrected chi connectivity index (χ2v) is 4.46. The third-order valence-corrected chi connectivity index (χ3v) is 2.73. The Labute approximate surface area is 114 Å². The predicted molar refractivity (Wildman–Crippen MR) is 74.9 cm³/mol. The van der Waals surface area contributed by atoms with Gasteiger partial charge in [0.15, 0.2) is 0 Å². The average molecular weight is 275 g/mol. The van der Waals surface area contributed by atoms with Gasteiger partial charge in [0.05, 0.1) is 5.69 Å². The van der Waals surface area contributed by atoms with Gasteiger partial charge < -0.3 is 15.6 Å². The summed E-state index contributed by atoms with van der Waals surface area (Å²) in [7, 11) is 0. The number of carbonyl (C=O) groups excluding carboxylic acids is 1. The van der Waals surface area contributed by atoms with Crippen molar-refractivity contribution in [3.8, 4) is 0 Å². The SMILES string of the molecule is Cc1ccn(CC(=O)Nc2cc(N)ccc2F)c(=O)c1. The lowest BCUT2D eigenvalue weighted by Crippen LogP contribution is -2.27. The summed E-state index contributed by atoms with van der Waals surface area (Å²) >= 11 is 0. The van der Waals surface area contributed by atoms with E-state index in [9.17, 15) is 14.0 Å². The highest BCUT2D eigenvalue weighted by atomic mass is 19.1. The average Bonchev–Trinajstić information content (AvgIpc) is 2.37. The summed E-state index contributed by atoms with van der Waals surface area (Å²) < 4.78 is 14.7. The van der Waals surface area contributed by atoms with E-state index in [0.717, 1.165) is 5.56 Å². The molecule has 0 bridgehead atoms. The summed E-state index contributed by atoms with van der Waals surface area (Å²) in [5, 5.41) is 2.39. The molecule has 1 amide bonds. The van der Waals surface area contributed by atoms with Crippen molar-refractivity contribution >= 4 is 17.3 Å². The molecule has 0 fully saturated rings. The minimum Gasteiger partial charge on any atom is -0.399 e. The molecule has 0 aliphatic carbocycles. The minimum atomic E-state index is -0.580. The van der Waals surface area contributed by atoms with Crippen LogP contribution in [0.1, 0.15) is 5.56 Å². The van der Waals surface area contributed by atoms with Gasteiger partial charge in [-0.3, -0.25) is 9.59 Å². The van der Waals surface area contributed by atoms with Gasteiger partial charge in [-0.25, -0.2) is 4.39 Å². The normalized spacial score (nSPS) is 10.3. The van der Waals surface area contributed by atoms with Gasteiger partial charge in [0.2, 0.25) is 5.91 Å². The number of anilines is 2. The fourth-order valence-corrected chi connectivity index (χ4v) is 1.72. The van der Waals surface area contributed by atoms with Gasteiger partial charge in [0.25, 0.3) is 5.56 Å². The van der Waals surface area contributed by atoms with Crippen LogP contribution in [0.25, 0.3) is 0 Å². The first kappa shape index (κ1) is 13.8. The first-order valence-electron chi connectivity index (χ1n) is 5.97. The zero-order chi connectivity index (χ0) is 14.7. The number of pyridine rings is 1. The van der Waals surface area contributed by atoms with Crippen LogP contribution < -0.4 is 16.6 Å². The number of nitrogens with one attached hydrogen (secondary N) is 1. The zero-order valence-corrected chi connectivity index (χ0v) is 10.9. The molecule has 6 heteroatoms. The first-order chi connectivity index (χ1) is 9.45. The highest BCUT2D eigenvalue weighted by Crippen LogP contribution is 2.17. The lowest BCUT2D eigenvalue weighted by atomic mass is 10.2. The fraction of sp³-hybridized carbons (Fsp3) is 0.143. The van der Waals surface area contributed by atoms with Gasteiger partial charge >= 0.3 is 0 Å². The Balaban J connectivity index is 2.13. The largest absolute Gasteiger partial charge is 0.399 e. The summed E-state index contributed by atoms with van der Waals surface area (Å²) in [6.07, 6.45) is 1.52. The molecular weight excluding hydrogens is 261 g/mol. The van der Waals surface area contributed by atoms with Crippen molar-refractivity contribution in [1.29, 1.82) is 0 Å². The van der Waals surface area contributed by atoms with Crippen molar-refractivity contribution in [1.82, 2.24) is 4.57 Å². The molecule has 2 aromatic rings. The Kier molecular flexibility index (Phi) is 3.84. The van der Waals surface area contributed by atoms with E-state index in [1.165, 1.54) is 35.0 Å². The number of nitrogens with zero attached hydrogens (tertiary/aromatic N) is 1. The molecule has 0 aliphatic rings. The van der Waals surface area contributed by atoms with Crippen molar-refractivity contribution in [2.45, 2.75) is 13.5 Å². The quantitative estimate of drug-likeness (QED) is 0.834. The molecule has 20 heavy (non-hydrogen) atoms. The van der Waals surface area contributed by atoms with Gasteiger partial charge in [-0.05, 0) is 36.8 Å². The predicted octanol–water partition coefficient (Wildman–Crippen LogP) is 1.52. The molecule has 0 spiro atoms. The van der Waals surface area contributed by atoms with Crippen molar-refractivity contribution < 1.29 is 9.18 Å². The van der Waals surface area contributed by atoms with Crippen LogP contribution in [0, 0.1) is 12.7 Å². The maximum absolute atomic E-state index is 13.5. The molecule has 0 atom stereocenters. The monoisotopic (exact) mass is 275 g/mol. The molecule has 1 aromatic heterocycles. The first-order valence-corrected chi connectivity index (χ1v) is 5.97. The van der Waals surface area contributed by atoms with Crippen LogP contribution in [-0.4, -0.2) is 10.5 Å². The number of halogens is 1. The van der Waals surface area contributed by atoms with Crippen molar-refractivity contribution in [3.05, 3.63) is 58.3 Å². The summed E-state index contributed by atoms with van der Waals surface area (Å²) in [4.78, 5) is 23.4. The number of benzene rings is 1. The van der Waals surface area contributed by atoms with Crippen molar-refractivity contribution in [3.63, 3.8) is 0 Å². The summed E-state index contributed by atoms with van der Waals surface area (Å²) in [5.74, 6) is -1.08. The highest BCUT2D eigenvalue weighted by molar-refractivity contribution is 5.91. The summed E-state index contributed by atoms with van der Waals surface area (Å²) in [6, 6.07) is 7.04. The van der Waals surface area contributed by atoms with Crippen LogP contribution in [-0.2, 0) is 11.3 Å². The van der Waals surface area contributed by atoms with E-state index in [-0.39, 0.29) is 17.8 Å². The van der Waals surface area contributed by atoms with Crippen LogP contribution in [0.2, 0.25) is 0 Å². The standard InChI is InChI=1S/C14H14FN3O2/c1-9-4-5-18(14(20)6-9)8-13(19)17-12-7-10(16)2-3-11(12)15/h2-7H,8,16H2,1H3,(H,17,19). The summed E-state index contributed by atoms with van der Waals surface area (Å²) in [6.45, 7) is 1.60. The number of nitrogen functional groups attached to an aromatic ring is 1. The molecule has 0 unspecified atom stereocenters. The lowest BCUT2D eigenvalue weighted by molar-refractivity contribution is -0.116. The maximum Gasteiger partial charge on any atom is 0.251 e. The molecule has 2 rings (SSSR count). The smallest absolute Gasteiger partial charge is 0.251 e. The molecule has 1 aromatic carbocycles. The van der Waals surface area contributed by atoms with Crippen molar-refractivity contribution in [2.24, 2.45) is 0 Å². The number of hydrogen-bond donors (Lipinski definition) is 2. The van der Waals surface area contributed by atoms with Gasteiger partial charge in [-0.2, -0.15) is 0 Å². The van der Waals surface area contributed by atoms with E-state index < -0.39 is 11.7 Å². The molecule has 1 heterocycles. The maximum atomic E-state index is 13.5. The molecular formula is C14H14FN3O2. The van der Waals surface area contributed by atoms with E-state index in [2.05, 4.69) is 5.32 Å². The number of amides is 1. The zero-order valence-electron chi connectivity index (χ0n) is 10.9. The molecule has 0 saturated carbocycles. The summed E-state index contributed by atoms with van der Waals surface area (Å²) in [5.41, 5.74) is 6.39. The minimum absolute atomic E-state index is 0.00448. The van der Waals surface area contributed by atoms with Gasteiger partial charge in [0, 0.05) is 18.0 Å². The highest BCUT2D eigenvalue weighted by Gasteiger charge is 2.08. The molecule has 0 saturated heterocycles. The number of rotatable bonds is 3. The second-order valence-electron chi connectivity index (χ2n) is 4.46. The molecule has 3 N–H and O–H groups in total. The van der Waals surface area contributed by atoms with E-state index >= 15 is 0 Å². The second kappa shape index (κ2) is 5.56. The Hall–Kier alpha value is -2.63. The number of hydrogen-bond acceptors (Lipinski definition) is 3. The third-order valence-electron chi connectivity index (χ3n) is 2.73. The van der Waals surface area contributed by atoms with Gasteiger partial charge in [-0.15, -0.1) is 0 Å². The number of aromatic nitrogens is 1. The topological polar surface area (TPSA) is 77.1 Å². The van der Waals surface area contributed by atoms with E-state index in [0.29, 0.717) is 5.69 Å². The fourth-order valence-electron chi connectivity index (χ4n) is 1.72. The van der Waals surface area contributed by atoms with E-state index in [1.54, 1.807) is 13.0 Å². The van der Waals surface area contributed by atoms with Crippen LogP contribution in [0.3, 0.4) is 0 Å². The Bertz CT molecular complexity index is 710. The van der Waals surface area contributed by atoms with Crippen molar-refractivity contribution in [2.75, 3.05) is 11.1 Å². The molecule has 5 nitrogen and oxygen atoms in total.